The first-order valence-electron chi connectivity index (χ1n) is 8.10. The first-order chi connectivity index (χ1) is 10.6. The summed E-state index contributed by atoms with van der Waals surface area (Å²) >= 11 is 0. The minimum atomic E-state index is -0.420. The maximum atomic E-state index is 12.8. The lowest BCUT2D eigenvalue weighted by Gasteiger charge is -2.41. The molecule has 0 radical (unpaired) electrons. The molecule has 0 unspecified atom stereocenters. The van der Waals surface area contributed by atoms with Crippen LogP contribution in [0.2, 0.25) is 0 Å². The maximum absolute atomic E-state index is 12.8. The lowest BCUT2D eigenvalue weighted by atomic mass is 9.81. The molecule has 1 heterocycles. The van der Waals surface area contributed by atoms with Crippen LogP contribution in [0.25, 0.3) is 0 Å². The summed E-state index contributed by atoms with van der Waals surface area (Å²) in [6.07, 6.45) is 1.55. The van der Waals surface area contributed by atoms with Gasteiger partial charge in [0.1, 0.15) is 5.75 Å². The summed E-state index contributed by atoms with van der Waals surface area (Å²) in [6, 6.07) is 7.34. The van der Waals surface area contributed by atoms with Gasteiger partial charge in [0.25, 0.3) is 0 Å². The number of phenols is 1. The molecule has 130 valence electrons. The maximum Gasteiger partial charge on any atom is 0.230 e. The number of nitrogens with zero attached hydrogens (tertiary/aromatic N) is 2. The van der Waals surface area contributed by atoms with Crippen molar-refractivity contribution in [2.75, 3.05) is 37.6 Å². The van der Waals surface area contributed by atoms with E-state index in [4.69, 9.17) is 5.73 Å². The van der Waals surface area contributed by atoms with Gasteiger partial charge in [-0.15, -0.1) is 12.4 Å². The van der Waals surface area contributed by atoms with Gasteiger partial charge in [-0.25, -0.2) is 0 Å². The zero-order valence-corrected chi connectivity index (χ0v) is 14.8. The summed E-state index contributed by atoms with van der Waals surface area (Å²) in [5.41, 5.74) is 6.30. The average Bonchev–Trinajstić information content (AvgIpc) is 2.57. The van der Waals surface area contributed by atoms with Crippen molar-refractivity contribution in [3.05, 3.63) is 24.3 Å². The van der Waals surface area contributed by atoms with E-state index in [0.29, 0.717) is 25.4 Å². The molecule has 6 heteroatoms. The van der Waals surface area contributed by atoms with Crippen molar-refractivity contribution in [1.29, 1.82) is 0 Å². The van der Waals surface area contributed by atoms with Crippen molar-refractivity contribution in [2.24, 2.45) is 11.1 Å². The minimum Gasteiger partial charge on any atom is -0.506 e. The molecule has 23 heavy (non-hydrogen) atoms. The number of nitrogens with two attached hydrogens (primary N) is 1. The van der Waals surface area contributed by atoms with Gasteiger partial charge in [0, 0.05) is 32.7 Å². The number of halogens is 1. The molecule has 3 N–H and O–H groups in total. The number of benzene rings is 1. The molecule has 1 amide bonds. The number of carbonyl (C=O) groups is 1. The zero-order chi connectivity index (χ0) is 16.2. The van der Waals surface area contributed by atoms with Crippen molar-refractivity contribution in [1.82, 2.24) is 4.90 Å². The normalized spacial score (nSPS) is 15.3. The van der Waals surface area contributed by atoms with Crippen LogP contribution in [0.3, 0.4) is 0 Å². The van der Waals surface area contributed by atoms with E-state index >= 15 is 0 Å². The first kappa shape index (κ1) is 19.6. The molecule has 1 saturated heterocycles. The second-order valence-electron chi connectivity index (χ2n) is 5.96. The molecule has 0 saturated carbocycles. The highest BCUT2D eigenvalue weighted by Crippen LogP contribution is 2.30. The largest absolute Gasteiger partial charge is 0.506 e. The van der Waals surface area contributed by atoms with E-state index in [-0.39, 0.29) is 18.3 Å². The monoisotopic (exact) mass is 341 g/mol. The molecule has 0 aromatic heterocycles. The molecule has 2 rings (SSSR count). The minimum absolute atomic E-state index is 0. The van der Waals surface area contributed by atoms with E-state index in [1.807, 2.05) is 36.9 Å². The Kier molecular flexibility index (Phi) is 7.16. The average molecular weight is 342 g/mol. The molecule has 1 fully saturated rings. The molecule has 0 atom stereocenters. The van der Waals surface area contributed by atoms with Gasteiger partial charge >= 0.3 is 0 Å². The highest BCUT2D eigenvalue weighted by molar-refractivity contribution is 5.85. The Bertz CT molecular complexity index is 504. The van der Waals surface area contributed by atoms with Crippen molar-refractivity contribution >= 4 is 24.0 Å². The van der Waals surface area contributed by atoms with E-state index in [9.17, 15) is 9.90 Å². The van der Waals surface area contributed by atoms with Crippen LogP contribution in [0.1, 0.15) is 26.7 Å². The number of phenolic OH excluding ortho intramolecular Hbond substituents is 1. The summed E-state index contributed by atoms with van der Waals surface area (Å²) in [4.78, 5) is 16.9. The van der Waals surface area contributed by atoms with Crippen molar-refractivity contribution in [3.8, 4) is 5.75 Å². The number of para-hydroxylation sites is 2. The molecule has 0 spiro atoms. The number of amides is 1. The van der Waals surface area contributed by atoms with Crippen LogP contribution < -0.4 is 10.6 Å². The number of rotatable bonds is 5. The Hall–Kier alpha value is -1.46. The van der Waals surface area contributed by atoms with E-state index in [0.717, 1.165) is 31.6 Å². The van der Waals surface area contributed by atoms with Gasteiger partial charge in [0.05, 0.1) is 11.1 Å². The smallest absolute Gasteiger partial charge is 0.230 e. The van der Waals surface area contributed by atoms with Crippen LogP contribution in [0.4, 0.5) is 5.69 Å². The lowest BCUT2D eigenvalue weighted by Crippen LogP contribution is -2.54. The second-order valence-corrected chi connectivity index (χ2v) is 5.96. The molecule has 1 aliphatic heterocycles. The molecular weight excluding hydrogens is 314 g/mol. The molecule has 5 nitrogen and oxygen atoms in total. The molecule has 0 bridgehead atoms. The zero-order valence-electron chi connectivity index (χ0n) is 14.0. The summed E-state index contributed by atoms with van der Waals surface area (Å²) in [6.45, 7) is 7.29. The third kappa shape index (κ3) is 3.90. The Labute approximate surface area is 144 Å². The van der Waals surface area contributed by atoms with Gasteiger partial charge in [-0.3, -0.25) is 4.79 Å². The number of hydrogen-bond acceptors (Lipinski definition) is 4. The fraction of sp³-hybridized carbons (Fsp3) is 0.588. The number of carbonyl (C=O) groups excluding carboxylic acids is 1. The molecular formula is C17H28ClN3O2. The van der Waals surface area contributed by atoms with Crippen molar-refractivity contribution < 1.29 is 9.90 Å². The van der Waals surface area contributed by atoms with Crippen LogP contribution in [0.15, 0.2) is 24.3 Å². The number of piperazine rings is 1. The number of hydrogen-bond donors (Lipinski definition) is 2. The van der Waals surface area contributed by atoms with E-state index in [2.05, 4.69) is 4.90 Å². The van der Waals surface area contributed by atoms with Crippen LogP contribution in [0.5, 0.6) is 5.75 Å². The van der Waals surface area contributed by atoms with Gasteiger partial charge in [-0.2, -0.15) is 0 Å². The standard InChI is InChI=1S/C17H27N3O2.ClH/c1-3-17(4-2,13-18)16(22)20-11-9-19(10-12-20)14-7-5-6-8-15(14)21;/h5-8,21H,3-4,9-13,18H2,1-2H3;1H. The van der Waals surface area contributed by atoms with Crippen LogP contribution in [-0.2, 0) is 4.79 Å². The van der Waals surface area contributed by atoms with Gasteiger partial charge in [0.15, 0.2) is 0 Å². The molecule has 0 aliphatic carbocycles. The van der Waals surface area contributed by atoms with Gasteiger partial charge in [0.2, 0.25) is 5.91 Å². The third-order valence-corrected chi connectivity index (χ3v) is 4.99. The summed E-state index contributed by atoms with van der Waals surface area (Å²) in [5, 5.41) is 9.94. The summed E-state index contributed by atoms with van der Waals surface area (Å²) in [7, 11) is 0. The Morgan fingerprint density at radius 2 is 1.74 bits per heavy atom. The summed E-state index contributed by atoms with van der Waals surface area (Å²) in [5.74, 6) is 0.470. The predicted octanol–water partition coefficient (Wildman–Crippen LogP) is 2.23. The second kappa shape index (κ2) is 8.41. The quantitative estimate of drug-likeness (QED) is 0.861. The highest BCUT2D eigenvalue weighted by Gasteiger charge is 2.37. The van der Waals surface area contributed by atoms with Crippen LogP contribution in [-0.4, -0.2) is 48.6 Å². The van der Waals surface area contributed by atoms with Gasteiger partial charge in [-0.05, 0) is 25.0 Å². The molecule has 1 aromatic carbocycles. The Morgan fingerprint density at radius 1 is 1.17 bits per heavy atom. The van der Waals surface area contributed by atoms with Gasteiger partial charge in [-0.1, -0.05) is 26.0 Å². The van der Waals surface area contributed by atoms with Crippen LogP contribution in [0, 0.1) is 5.41 Å². The summed E-state index contributed by atoms with van der Waals surface area (Å²) < 4.78 is 0. The van der Waals surface area contributed by atoms with E-state index < -0.39 is 5.41 Å². The molecule has 1 aromatic rings. The SMILES string of the molecule is CCC(CC)(CN)C(=O)N1CCN(c2ccccc2O)CC1.Cl. The third-order valence-electron chi connectivity index (χ3n) is 4.99. The predicted molar refractivity (Wildman–Crippen MR) is 96.2 cm³/mol. The fourth-order valence-electron chi connectivity index (χ4n) is 3.15. The molecule has 1 aliphatic rings. The number of aromatic hydroxyl groups is 1. The number of anilines is 1. The van der Waals surface area contributed by atoms with Crippen molar-refractivity contribution in [3.63, 3.8) is 0 Å². The lowest BCUT2D eigenvalue weighted by molar-refractivity contribution is -0.142. The van der Waals surface area contributed by atoms with Gasteiger partial charge < -0.3 is 20.6 Å². The highest BCUT2D eigenvalue weighted by atomic mass is 35.5. The Balaban J connectivity index is 0.00000264. The fourth-order valence-corrected chi connectivity index (χ4v) is 3.15. The van der Waals surface area contributed by atoms with E-state index in [1.54, 1.807) is 6.07 Å². The first-order valence-corrected chi connectivity index (χ1v) is 8.10. The Morgan fingerprint density at radius 3 is 2.22 bits per heavy atom. The topological polar surface area (TPSA) is 69.8 Å². The van der Waals surface area contributed by atoms with Crippen molar-refractivity contribution in [2.45, 2.75) is 26.7 Å². The van der Waals surface area contributed by atoms with Crippen LogP contribution >= 0.6 is 12.4 Å². The van der Waals surface area contributed by atoms with E-state index in [1.165, 1.54) is 0 Å².